The van der Waals surface area contributed by atoms with Gasteiger partial charge in [-0.25, -0.2) is 4.79 Å². The zero-order valence-electron chi connectivity index (χ0n) is 21.8. The Kier molecular flexibility index (Phi) is 10.1. The first-order valence-electron chi connectivity index (χ1n) is 13.0. The molecule has 0 aliphatic carbocycles. The van der Waals surface area contributed by atoms with Gasteiger partial charge in [0.05, 0.1) is 6.04 Å². The van der Waals surface area contributed by atoms with E-state index >= 15 is 0 Å². The third kappa shape index (κ3) is 8.86. The van der Waals surface area contributed by atoms with Crippen molar-refractivity contribution in [2.45, 2.75) is 19.0 Å². The minimum atomic E-state index is -0.300. The maximum absolute atomic E-state index is 12.8. The summed E-state index contributed by atoms with van der Waals surface area (Å²) in [6.07, 6.45) is 3.86. The molecule has 1 saturated heterocycles. The Balaban J connectivity index is 1.25. The largest absolute Gasteiger partial charge is 0.491 e. The summed E-state index contributed by atoms with van der Waals surface area (Å²) < 4.78 is 6.03. The lowest BCUT2D eigenvalue weighted by Gasteiger charge is -2.32. The zero-order valence-corrected chi connectivity index (χ0v) is 21.8. The number of likely N-dealkylation sites (N-methyl/N-ethyl adjacent to an activating group) is 1. The number of carbonyl (C=O) groups is 2. The number of rotatable bonds is 11. The first kappa shape index (κ1) is 27.1. The van der Waals surface area contributed by atoms with Gasteiger partial charge >= 0.3 is 6.03 Å². The fraction of sp³-hybridized carbons (Fsp3) is 0.345. The molecule has 3 N–H and O–H groups in total. The van der Waals surface area contributed by atoms with Crippen molar-refractivity contribution in [3.8, 4) is 5.75 Å². The van der Waals surface area contributed by atoms with Gasteiger partial charge in [-0.3, -0.25) is 9.78 Å². The fourth-order valence-corrected chi connectivity index (χ4v) is 4.18. The molecule has 0 bridgehead atoms. The standard InChI is InChI=1S/C29H36N6O3/c1-34-16-18-35(19-17-34)15-13-28(36)33-27(24-7-3-2-4-8-24)22-38-26-11-9-25(10-12-26)32-29(37)31-21-23-6-5-14-30-20-23/h2-12,14,20,27H,13,15-19,21-22H2,1H3,(H,33,36)(H2,31,32,37)/t27-/m0/s1. The summed E-state index contributed by atoms with van der Waals surface area (Å²) in [5.41, 5.74) is 2.56. The van der Waals surface area contributed by atoms with Crippen molar-refractivity contribution in [3.63, 3.8) is 0 Å². The van der Waals surface area contributed by atoms with Crippen LogP contribution in [0.1, 0.15) is 23.6 Å². The number of carbonyl (C=O) groups excluding carboxylic acids is 2. The molecule has 200 valence electrons. The molecular weight excluding hydrogens is 480 g/mol. The number of anilines is 1. The van der Waals surface area contributed by atoms with Crippen LogP contribution >= 0.6 is 0 Å². The second-order valence-corrected chi connectivity index (χ2v) is 9.43. The van der Waals surface area contributed by atoms with Crippen LogP contribution in [-0.2, 0) is 11.3 Å². The highest BCUT2D eigenvalue weighted by Gasteiger charge is 2.18. The Bertz CT molecular complexity index is 1140. The van der Waals surface area contributed by atoms with Gasteiger partial charge in [-0.15, -0.1) is 0 Å². The molecule has 9 nitrogen and oxygen atoms in total. The van der Waals surface area contributed by atoms with Crippen LogP contribution in [0, 0.1) is 0 Å². The number of hydrogen-bond donors (Lipinski definition) is 3. The van der Waals surface area contributed by atoms with Crippen molar-refractivity contribution >= 4 is 17.6 Å². The monoisotopic (exact) mass is 516 g/mol. The molecule has 3 aromatic rings. The predicted molar refractivity (Wildman–Crippen MR) is 148 cm³/mol. The molecule has 0 spiro atoms. The molecule has 9 heteroatoms. The molecule has 1 fully saturated rings. The van der Waals surface area contributed by atoms with Gasteiger partial charge in [0.25, 0.3) is 0 Å². The van der Waals surface area contributed by atoms with E-state index in [1.54, 1.807) is 36.7 Å². The van der Waals surface area contributed by atoms with E-state index in [1.165, 1.54) is 0 Å². The summed E-state index contributed by atoms with van der Waals surface area (Å²) >= 11 is 0. The molecule has 1 aliphatic rings. The summed E-state index contributed by atoms with van der Waals surface area (Å²) in [5, 5.41) is 8.76. The molecule has 0 unspecified atom stereocenters. The van der Waals surface area contributed by atoms with Gasteiger partial charge in [0.15, 0.2) is 0 Å². The van der Waals surface area contributed by atoms with Crippen molar-refractivity contribution in [2.24, 2.45) is 0 Å². The van der Waals surface area contributed by atoms with E-state index in [-0.39, 0.29) is 18.0 Å². The minimum Gasteiger partial charge on any atom is -0.491 e. The third-order valence-corrected chi connectivity index (χ3v) is 6.49. The number of piperazine rings is 1. The maximum atomic E-state index is 12.8. The lowest BCUT2D eigenvalue weighted by Crippen LogP contribution is -2.45. The van der Waals surface area contributed by atoms with E-state index in [0.29, 0.717) is 31.0 Å². The van der Waals surface area contributed by atoms with Gasteiger partial charge < -0.3 is 30.5 Å². The Labute approximate surface area is 224 Å². The van der Waals surface area contributed by atoms with Gasteiger partial charge in [-0.05, 0) is 48.5 Å². The van der Waals surface area contributed by atoms with Crippen LogP contribution in [0.15, 0.2) is 79.1 Å². The number of ether oxygens (including phenoxy) is 1. The average molecular weight is 517 g/mol. The van der Waals surface area contributed by atoms with Crippen molar-refractivity contribution in [2.75, 3.05) is 51.7 Å². The highest BCUT2D eigenvalue weighted by molar-refractivity contribution is 5.89. The minimum absolute atomic E-state index is 0.0122. The number of hydrogen-bond acceptors (Lipinski definition) is 6. The van der Waals surface area contributed by atoms with E-state index in [9.17, 15) is 9.59 Å². The fourth-order valence-electron chi connectivity index (χ4n) is 4.18. The van der Waals surface area contributed by atoms with Crippen LogP contribution in [0.2, 0.25) is 0 Å². The van der Waals surface area contributed by atoms with E-state index in [4.69, 9.17) is 4.74 Å². The predicted octanol–water partition coefficient (Wildman–Crippen LogP) is 3.28. The molecule has 1 atom stereocenters. The Morgan fingerprint density at radius 3 is 2.45 bits per heavy atom. The van der Waals surface area contributed by atoms with Crippen LogP contribution in [0.4, 0.5) is 10.5 Å². The van der Waals surface area contributed by atoms with E-state index in [1.807, 2.05) is 42.5 Å². The summed E-state index contributed by atoms with van der Waals surface area (Å²) in [5.74, 6) is 0.664. The molecule has 2 aromatic carbocycles. The van der Waals surface area contributed by atoms with Crippen LogP contribution < -0.4 is 20.7 Å². The van der Waals surface area contributed by atoms with Crippen LogP contribution in [0.3, 0.4) is 0 Å². The van der Waals surface area contributed by atoms with Gasteiger partial charge in [0, 0.05) is 63.8 Å². The second kappa shape index (κ2) is 14.1. The van der Waals surface area contributed by atoms with E-state index < -0.39 is 0 Å². The maximum Gasteiger partial charge on any atom is 0.319 e. The van der Waals surface area contributed by atoms with Crippen molar-refractivity contribution in [1.29, 1.82) is 0 Å². The number of amides is 3. The van der Waals surface area contributed by atoms with Crippen molar-refractivity contribution in [1.82, 2.24) is 25.4 Å². The molecule has 2 heterocycles. The molecular formula is C29H36N6O3. The molecule has 0 radical (unpaired) electrons. The number of urea groups is 1. The molecule has 3 amide bonds. The highest BCUT2D eigenvalue weighted by Crippen LogP contribution is 2.19. The summed E-state index contributed by atoms with van der Waals surface area (Å²) in [4.78, 5) is 33.7. The Morgan fingerprint density at radius 2 is 1.74 bits per heavy atom. The SMILES string of the molecule is CN1CCN(CCC(=O)N[C@@H](COc2ccc(NC(=O)NCc3cccnc3)cc2)c2ccccc2)CC1. The van der Waals surface area contributed by atoms with Crippen LogP contribution in [0.25, 0.3) is 0 Å². The quantitative estimate of drug-likeness (QED) is 0.362. The van der Waals surface area contributed by atoms with Crippen LogP contribution in [0.5, 0.6) is 5.75 Å². The molecule has 0 saturated carbocycles. The smallest absolute Gasteiger partial charge is 0.319 e. The zero-order chi connectivity index (χ0) is 26.6. The van der Waals surface area contributed by atoms with Crippen LogP contribution in [-0.4, -0.2) is 73.1 Å². The lowest BCUT2D eigenvalue weighted by atomic mass is 10.1. The first-order chi connectivity index (χ1) is 18.5. The summed E-state index contributed by atoms with van der Waals surface area (Å²) in [6.45, 7) is 5.49. The summed E-state index contributed by atoms with van der Waals surface area (Å²) in [7, 11) is 2.13. The molecule has 1 aromatic heterocycles. The number of aromatic nitrogens is 1. The molecule has 1 aliphatic heterocycles. The van der Waals surface area contributed by atoms with Crippen molar-refractivity contribution in [3.05, 3.63) is 90.3 Å². The first-order valence-corrected chi connectivity index (χ1v) is 13.0. The number of nitrogens with zero attached hydrogens (tertiary/aromatic N) is 3. The second-order valence-electron chi connectivity index (χ2n) is 9.43. The Hall–Kier alpha value is -3.95. The number of pyridine rings is 1. The normalized spacial score (nSPS) is 14.9. The van der Waals surface area contributed by atoms with Gasteiger partial charge in [-0.2, -0.15) is 0 Å². The lowest BCUT2D eigenvalue weighted by molar-refractivity contribution is -0.122. The summed E-state index contributed by atoms with van der Waals surface area (Å²) in [6, 6.07) is 20.2. The number of nitrogens with one attached hydrogen (secondary N) is 3. The average Bonchev–Trinajstić information content (AvgIpc) is 2.95. The molecule has 4 rings (SSSR count). The van der Waals surface area contributed by atoms with Crippen molar-refractivity contribution < 1.29 is 14.3 Å². The van der Waals surface area contributed by atoms with Gasteiger partial charge in [0.2, 0.25) is 5.91 Å². The Morgan fingerprint density at radius 1 is 0.974 bits per heavy atom. The molecule has 38 heavy (non-hydrogen) atoms. The number of benzene rings is 2. The third-order valence-electron chi connectivity index (χ3n) is 6.49. The van der Waals surface area contributed by atoms with Gasteiger partial charge in [-0.1, -0.05) is 36.4 Å². The van der Waals surface area contributed by atoms with E-state index in [2.05, 4.69) is 37.8 Å². The highest BCUT2D eigenvalue weighted by atomic mass is 16.5. The topological polar surface area (TPSA) is 98.8 Å². The van der Waals surface area contributed by atoms with Gasteiger partial charge in [0.1, 0.15) is 12.4 Å². The van der Waals surface area contributed by atoms with E-state index in [0.717, 1.165) is 43.9 Å².